The van der Waals surface area contributed by atoms with Crippen LogP contribution >= 0.6 is 11.6 Å². The Morgan fingerprint density at radius 1 is 1.37 bits per heavy atom. The van der Waals surface area contributed by atoms with Gasteiger partial charge in [-0.05, 0) is 56.6 Å². The van der Waals surface area contributed by atoms with E-state index in [1.807, 2.05) is 6.07 Å². The standard InChI is InChI=1S/C15H23ClN2O/c1-12(11-18-6-2-3-7-18)9-17-10-13-8-14(16)4-5-15(13)19/h4-5,8,12,17,19H,2-3,6-7,9-11H2,1H3. The Morgan fingerprint density at radius 3 is 2.84 bits per heavy atom. The lowest BCUT2D eigenvalue weighted by Crippen LogP contribution is -2.31. The Balaban J connectivity index is 1.71. The first-order valence-electron chi connectivity index (χ1n) is 7.05. The van der Waals surface area contributed by atoms with E-state index in [4.69, 9.17) is 11.6 Å². The smallest absolute Gasteiger partial charge is 0.120 e. The number of phenolic OH excluding ortho intramolecular Hbond substituents is 1. The Kier molecular flexibility index (Phi) is 5.49. The quantitative estimate of drug-likeness (QED) is 0.842. The number of rotatable bonds is 6. The highest BCUT2D eigenvalue weighted by Crippen LogP contribution is 2.21. The van der Waals surface area contributed by atoms with Gasteiger partial charge >= 0.3 is 0 Å². The summed E-state index contributed by atoms with van der Waals surface area (Å²) in [5.74, 6) is 0.934. The second-order valence-corrected chi connectivity index (χ2v) is 5.95. The summed E-state index contributed by atoms with van der Waals surface area (Å²) >= 11 is 5.93. The van der Waals surface area contributed by atoms with Gasteiger partial charge in [0.15, 0.2) is 0 Å². The minimum atomic E-state index is 0.309. The van der Waals surface area contributed by atoms with Gasteiger partial charge in [-0.25, -0.2) is 0 Å². The zero-order valence-electron chi connectivity index (χ0n) is 11.5. The zero-order chi connectivity index (χ0) is 13.7. The van der Waals surface area contributed by atoms with Gasteiger partial charge in [0.1, 0.15) is 5.75 Å². The van der Waals surface area contributed by atoms with E-state index in [1.54, 1.807) is 12.1 Å². The molecule has 0 spiro atoms. The molecule has 1 atom stereocenters. The van der Waals surface area contributed by atoms with Crippen LogP contribution < -0.4 is 5.32 Å². The van der Waals surface area contributed by atoms with Crippen LogP contribution in [0.25, 0.3) is 0 Å². The number of aromatic hydroxyl groups is 1. The second kappa shape index (κ2) is 7.13. The summed E-state index contributed by atoms with van der Waals surface area (Å²) in [6.45, 7) is 7.55. The average molecular weight is 283 g/mol. The first kappa shape index (κ1) is 14.6. The number of likely N-dealkylation sites (tertiary alicyclic amines) is 1. The van der Waals surface area contributed by atoms with Crippen LogP contribution in [0, 0.1) is 5.92 Å². The third kappa shape index (κ3) is 4.68. The van der Waals surface area contributed by atoms with Gasteiger partial charge in [0.2, 0.25) is 0 Å². The molecule has 1 unspecified atom stereocenters. The van der Waals surface area contributed by atoms with Crippen molar-refractivity contribution in [2.75, 3.05) is 26.2 Å². The third-order valence-electron chi connectivity index (χ3n) is 3.62. The number of hydrogen-bond acceptors (Lipinski definition) is 3. The van der Waals surface area contributed by atoms with Gasteiger partial charge in [0, 0.05) is 23.7 Å². The molecular formula is C15H23ClN2O. The van der Waals surface area contributed by atoms with Gasteiger partial charge in [0.25, 0.3) is 0 Å². The second-order valence-electron chi connectivity index (χ2n) is 5.52. The van der Waals surface area contributed by atoms with E-state index in [0.717, 1.165) is 18.7 Å². The molecule has 1 aromatic carbocycles. The Labute approximate surface area is 120 Å². The molecule has 19 heavy (non-hydrogen) atoms. The molecule has 1 heterocycles. The largest absolute Gasteiger partial charge is 0.508 e. The van der Waals surface area contributed by atoms with Crippen LogP contribution in [0.15, 0.2) is 18.2 Å². The molecule has 4 heteroatoms. The van der Waals surface area contributed by atoms with Gasteiger partial charge in [0.05, 0.1) is 0 Å². The fourth-order valence-corrected chi connectivity index (χ4v) is 2.81. The highest BCUT2D eigenvalue weighted by molar-refractivity contribution is 6.30. The van der Waals surface area contributed by atoms with Gasteiger partial charge < -0.3 is 15.3 Å². The minimum Gasteiger partial charge on any atom is -0.508 e. The SMILES string of the molecule is CC(CNCc1cc(Cl)ccc1O)CN1CCCC1. The summed E-state index contributed by atoms with van der Waals surface area (Å²) in [6.07, 6.45) is 2.69. The van der Waals surface area contributed by atoms with Crippen molar-refractivity contribution in [2.24, 2.45) is 5.92 Å². The summed E-state index contributed by atoms with van der Waals surface area (Å²) < 4.78 is 0. The fraction of sp³-hybridized carbons (Fsp3) is 0.600. The van der Waals surface area contributed by atoms with Crippen LogP contribution in [-0.2, 0) is 6.54 Å². The van der Waals surface area contributed by atoms with Crippen LogP contribution in [-0.4, -0.2) is 36.2 Å². The molecule has 1 aromatic rings. The minimum absolute atomic E-state index is 0.309. The molecule has 0 aliphatic carbocycles. The Morgan fingerprint density at radius 2 is 2.11 bits per heavy atom. The van der Waals surface area contributed by atoms with Gasteiger partial charge in [-0.2, -0.15) is 0 Å². The topological polar surface area (TPSA) is 35.5 Å². The lowest BCUT2D eigenvalue weighted by atomic mass is 10.1. The van der Waals surface area contributed by atoms with E-state index in [0.29, 0.717) is 23.2 Å². The molecule has 1 aliphatic rings. The number of phenols is 1. The number of nitrogens with one attached hydrogen (secondary N) is 1. The van der Waals surface area contributed by atoms with E-state index in [9.17, 15) is 5.11 Å². The normalized spacial score (nSPS) is 17.8. The summed E-state index contributed by atoms with van der Waals surface area (Å²) in [7, 11) is 0. The van der Waals surface area contributed by atoms with Gasteiger partial charge in [-0.15, -0.1) is 0 Å². The summed E-state index contributed by atoms with van der Waals surface area (Å²) in [5, 5.41) is 13.8. The van der Waals surface area contributed by atoms with Crippen molar-refractivity contribution < 1.29 is 5.11 Å². The highest BCUT2D eigenvalue weighted by atomic mass is 35.5. The molecule has 1 saturated heterocycles. The van der Waals surface area contributed by atoms with E-state index < -0.39 is 0 Å². The maximum absolute atomic E-state index is 9.72. The number of benzene rings is 1. The number of hydrogen-bond donors (Lipinski definition) is 2. The molecule has 0 aromatic heterocycles. The zero-order valence-corrected chi connectivity index (χ0v) is 12.3. The van der Waals surface area contributed by atoms with Crippen molar-refractivity contribution in [1.82, 2.24) is 10.2 Å². The predicted octanol–water partition coefficient (Wildman–Crippen LogP) is 2.87. The molecule has 2 rings (SSSR count). The first-order chi connectivity index (χ1) is 9.15. The molecule has 0 radical (unpaired) electrons. The van der Waals surface area contributed by atoms with Crippen molar-refractivity contribution >= 4 is 11.6 Å². The van der Waals surface area contributed by atoms with E-state index in [2.05, 4.69) is 17.1 Å². The van der Waals surface area contributed by atoms with Crippen molar-refractivity contribution in [3.8, 4) is 5.75 Å². The molecule has 2 N–H and O–H groups in total. The molecule has 106 valence electrons. The number of halogens is 1. The Bertz CT molecular complexity index is 405. The fourth-order valence-electron chi connectivity index (χ4n) is 2.62. The van der Waals surface area contributed by atoms with E-state index >= 15 is 0 Å². The monoisotopic (exact) mass is 282 g/mol. The van der Waals surface area contributed by atoms with Crippen LogP contribution in [0.5, 0.6) is 5.75 Å². The van der Waals surface area contributed by atoms with Crippen LogP contribution in [0.4, 0.5) is 0 Å². The van der Waals surface area contributed by atoms with Crippen molar-refractivity contribution in [3.05, 3.63) is 28.8 Å². The molecule has 1 aliphatic heterocycles. The van der Waals surface area contributed by atoms with Gasteiger partial charge in [-0.1, -0.05) is 18.5 Å². The van der Waals surface area contributed by atoms with Crippen molar-refractivity contribution in [3.63, 3.8) is 0 Å². The average Bonchev–Trinajstić information content (AvgIpc) is 2.86. The van der Waals surface area contributed by atoms with Crippen LogP contribution in [0.1, 0.15) is 25.3 Å². The number of nitrogens with zero attached hydrogens (tertiary/aromatic N) is 1. The lowest BCUT2D eigenvalue weighted by Gasteiger charge is -2.20. The molecule has 0 amide bonds. The predicted molar refractivity (Wildman–Crippen MR) is 79.7 cm³/mol. The van der Waals surface area contributed by atoms with Gasteiger partial charge in [-0.3, -0.25) is 0 Å². The Hall–Kier alpha value is -0.770. The lowest BCUT2D eigenvalue weighted by molar-refractivity contribution is 0.282. The van der Waals surface area contributed by atoms with E-state index in [-0.39, 0.29) is 0 Å². The molecule has 0 saturated carbocycles. The van der Waals surface area contributed by atoms with E-state index in [1.165, 1.54) is 25.9 Å². The summed E-state index contributed by atoms with van der Waals surface area (Å²) in [5.41, 5.74) is 0.862. The maximum Gasteiger partial charge on any atom is 0.120 e. The summed E-state index contributed by atoms with van der Waals surface area (Å²) in [4.78, 5) is 2.53. The van der Waals surface area contributed by atoms with Crippen molar-refractivity contribution in [2.45, 2.75) is 26.3 Å². The molecule has 1 fully saturated rings. The summed E-state index contributed by atoms with van der Waals surface area (Å²) in [6, 6.07) is 5.17. The third-order valence-corrected chi connectivity index (χ3v) is 3.85. The molecular weight excluding hydrogens is 260 g/mol. The molecule has 0 bridgehead atoms. The maximum atomic E-state index is 9.72. The first-order valence-corrected chi connectivity index (χ1v) is 7.43. The van der Waals surface area contributed by atoms with Crippen molar-refractivity contribution in [1.29, 1.82) is 0 Å². The van der Waals surface area contributed by atoms with Crippen LogP contribution in [0.2, 0.25) is 5.02 Å². The highest BCUT2D eigenvalue weighted by Gasteiger charge is 2.14. The van der Waals surface area contributed by atoms with Crippen LogP contribution in [0.3, 0.4) is 0 Å². The molecule has 3 nitrogen and oxygen atoms in total.